The summed E-state index contributed by atoms with van der Waals surface area (Å²) in [6.07, 6.45) is 16.8. The highest BCUT2D eigenvalue weighted by Gasteiger charge is 2.59. The minimum Gasteiger partial charge on any atom is -0.462 e. The highest BCUT2D eigenvalue weighted by molar-refractivity contribution is 5.82. The number of fused-ring (bicyclic) bond motifs is 5. The van der Waals surface area contributed by atoms with Crippen molar-refractivity contribution < 1.29 is 19.1 Å². The average Bonchev–Trinajstić information content (AvgIpc) is 3.04. The van der Waals surface area contributed by atoms with Crippen LogP contribution >= 0.6 is 0 Å². The van der Waals surface area contributed by atoms with Gasteiger partial charge in [0.2, 0.25) is 0 Å². The molecule has 3 fully saturated rings. The number of carbonyl (C=O) groups is 2. The molecule has 4 rings (SSSR count). The molecule has 0 heterocycles. The van der Waals surface area contributed by atoms with Crippen LogP contribution in [0.1, 0.15) is 91.9 Å². The van der Waals surface area contributed by atoms with E-state index in [1.54, 1.807) is 6.08 Å². The Morgan fingerprint density at radius 1 is 1.10 bits per heavy atom. The number of hydrogen-bond acceptors (Lipinski definition) is 4. The summed E-state index contributed by atoms with van der Waals surface area (Å²) in [5.74, 6) is 1.68. The van der Waals surface area contributed by atoms with Crippen LogP contribution in [0.3, 0.4) is 0 Å². The van der Waals surface area contributed by atoms with Gasteiger partial charge in [0.05, 0.1) is 0 Å². The second-order valence-electron chi connectivity index (χ2n) is 11.0. The maximum atomic E-state index is 12.4. The summed E-state index contributed by atoms with van der Waals surface area (Å²) in [6, 6.07) is 0. The molecule has 0 aromatic heterocycles. The predicted octanol–water partition coefficient (Wildman–Crippen LogP) is 6.15. The summed E-state index contributed by atoms with van der Waals surface area (Å²) in [6.45, 7) is 8.48. The molecule has 31 heavy (non-hydrogen) atoms. The topological polar surface area (TPSA) is 52.6 Å². The lowest BCUT2D eigenvalue weighted by atomic mass is 9.48. The molecule has 0 saturated heterocycles. The molecule has 0 radical (unpaired) electrons. The Balaban J connectivity index is 1.47. The molecule has 0 N–H and O–H groups in total. The van der Waals surface area contributed by atoms with E-state index in [9.17, 15) is 9.59 Å². The van der Waals surface area contributed by atoms with E-state index in [4.69, 9.17) is 9.47 Å². The molecule has 0 aromatic carbocycles. The van der Waals surface area contributed by atoms with Crippen LogP contribution < -0.4 is 0 Å². The standard InChI is InChI=1S/C27H40O4/c1-5-6-7-8-25(29)31-24-12-11-22-21-10-9-19-17-20(30-18(2)28)13-15-26(19,3)23(21)14-16-27(22,24)4/h7-9,20-24H,5-6,10-17H2,1-4H3/t20-,21+,22-,23-,24+,26-,27+/m0/s1. The van der Waals surface area contributed by atoms with Crippen LogP contribution in [-0.2, 0) is 19.1 Å². The van der Waals surface area contributed by atoms with Gasteiger partial charge in [0.1, 0.15) is 12.2 Å². The van der Waals surface area contributed by atoms with Crippen LogP contribution in [0.25, 0.3) is 0 Å². The van der Waals surface area contributed by atoms with Crippen molar-refractivity contribution in [2.75, 3.05) is 0 Å². The van der Waals surface area contributed by atoms with Gasteiger partial charge in [0, 0.05) is 24.8 Å². The summed E-state index contributed by atoms with van der Waals surface area (Å²) in [4.78, 5) is 23.8. The lowest BCUT2D eigenvalue weighted by molar-refractivity contribution is -0.154. The van der Waals surface area contributed by atoms with Gasteiger partial charge in [-0.05, 0) is 74.5 Å². The minimum atomic E-state index is -0.163. The zero-order chi connectivity index (χ0) is 22.2. The molecular weight excluding hydrogens is 388 g/mol. The number of unbranched alkanes of at least 4 members (excludes halogenated alkanes) is 1. The lowest BCUT2D eigenvalue weighted by Gasteiger charge is -2.57. The first-order chi connectivity index (χ1) is 14.8. The maximum absolute atomic E-state index is 12.4. The Labute approximate surface area is 187 Å². The molecule has 0 spiro atoms. The highest BCUT2D eigenvalue weighted by Crippen LogP contribution is 2.65. The summed E-state index contributed by atoms with van der Waals surface area (Å²) >= 11 is 0. The molecule has 172 valence electrons. The number of ether oxygens (including phenoxy) is 2. The fraction of sp³-hybridized carbons (Fsp3) is 0.778. The van der Waals surface area contributed by atoms with E-state index in [2.05, 4.69) is 26.8 Å². The molecule has 0 aromatic rings. The van der Waals surface area contributed by atoms with Crippen molar-refractivity contribution in [3.8, 4) is 0 Å². The third-order valence-electron chi connectivity index (χ3n) is 9.27. The Kier molecular flexibility index (Phi) is 6.38. The summed E-state index contributed by atoms with van der Waals surface area (Å²) < 4.78 is 11.6. The van der Waals surface area contributed by atoms with Crippen LogP contribution in [0, 0.1) is 28.6 Å². The molecule has 4 nitrogen and oxygen atoms in total. The Hall–Kier alpha value is -1.58. The average molecular weight is 429 g/mol. The quantitative estimate of drug-likeness (QED) is 0.299. The van der Waals surface area contributed by atoms with Crippen LogP contribution in [0.2, 0.25) is 0 Å². The second kappa shape index (κ2) is 8.75. The minimum absolute atomic E-state index is 0.0510. The van der Waals surface area contributed by atoms with Crippen molar-refractivity contribution in [3.05, 3.63) is 23.8 Å². The van der Waals surface area contributed by atoms with Gasteiger partial charge in [-0.2, -0.15) is 0 Å². The van der Waals surface area contributed by atoms with Crippen molar-refractivity contribution in [3.63, 3.8) is 0 Å². The number of allylic oxidation sites excluding steroid dienone is 2. The first-order valence-corrected chi connectivity index (χ1v) is 12.5. The van der Waals surface area contributed by atoms with E-state index < -0.39 is 0 Å². The molecule has 3 saturated carbocycles. The van der Waals surface area contributed by atoms with Crippen LogP contribution in [-0.4, -0.2) is 24.1 Å². The first kappa shape index (κ1) is 22.6. The zero-order valence-corrected chi connectivity index (χ0v) is 19.8. The van der Waals surface area contributed by atoms with Crippen LogP contribution in [0.15, 0.2) is 23.8 Å². The summed E-state index contributed by atoms with van der Waals surface area (Å²) in [5, 5.41) is 0. The van der Waals surface area contributed by atoms with Gasteiger partial charge in [0.15, 0.2) is 0 Å². The van der Waals surface area contributed by atoms with E-state index >= 15 is 0 Å². The lowest BCUT2D eigenvalue weighted by Crippen LogP contribution is -2.51. The fourth-order valence-electron chi connectivity index (χ4n) is 7.63. The van der Waals surface area contributed by atoms with E-state index in [1.165, 1.54) is 25.3 Å². The van der Waals surface area contributed by atoms with Crippen molar-refractivity contribution in [1.82, 2.24) is 0 Å². The molecule has 0 amide bonds. The SMILES string of the molecule is CCCC=CC(=O)O[C@@H]1CC[C@H]2[C@H]3CC=C4C[C@@H](OC(C)=O)CC[C@]4(C)[C@H]3CC[C@@]12C. The summed E-state index contributed by atoms with van der Waals surface area (Å²) in [5.41, 5.74) is 1.86. The number of carbonyl (C=O) groups excluding carboxylic acids is 2. The Morgan fingerprint density at radius 3 is 2.65 bits per heavy atom. The van der Waals surface area contributed by atoms with Gasteiger partial charge in [-0.3, -0.25) is 4.79 Å². The molecule has 4 heteroatoms. The molecule has 0 unspecified atom stereocenters. The molecule has 0 aliphatic heterocycles. The van der Waals surface area contributed by atoms with Crippen LogP contribution in [0.4, 0.5) is 0 Å². The van der Waals surface area contributed by atoms with Crippen molar-refractivity contribution in [2.45, 2.75) is 104 Å². The number of esters is 2. The monoisotopic (exact) mass is 428 g/mol. The molecule has 4 aliphatic rings. The van der Waals surface area contributed by atoms with Crippen molar-refractivity contribution in [2.24, 2.45) is 28.6 Å². The fourth-order valence-corrected chi connectivity index (χ4v) is 7.63. The van der Waals surface area contributed by atoms with Crippen LogP contribution in [0.5, 0.6) is 0 Å². The van der Waals surface area contributed by atoms with Gasteiger partial charge in [-0.25, -0.2) is 4.79 Å². The number of hydrogen-bond donors (Lipinski definition) is 0. The normalized spacial score (nSPS) is 41.7. The van der Waals surface area contributed by atoms with E-state index in [-0.39, 0.29) is 35.0 Å². The van der Waals surface area contributed by atoms with E-state index in [1.807, 2.05) is 6.08 Å². The van der Waals surface area contributed by atoms with Crippen molar-refractivity contribution >= 4 is 11.9 Å². The highest BCUT2D eigenvalue weighted by atomic mass is 16.5. The van der Waals surface area contributed by atoms with Gasteiger partial charge in [-0.1, -0.05) is 44.9 Å². The van der Waals surface area contributed by atoms with Gasteiger partial charge in [0.25, 0.3) is 0 Å². The third-order valence-corrected chi connectivity index (χ3v) is 9.27. The largest absolute Gasteiger partial charge is 0.462 e. The third kappa shape index (κ3) is 4.12. The van der Waals surface area contributed by atoms with Gasteiger partial charge in [-0.15, -0.1) is 0 Å². The van der Waals surface area contributed by atoms with E-state index in [0.29, 0.717) is 17.8 Å². The zero-order valence-electron chi connectivity index (χ0n) is 19.8. The van der Waals surface area contributed by atoms with Gasteiger partial charge >= 0.3 is 11.9 Å². The van der Waals surface area contributed by atoms with Gasteiger partial charge < -0.3 is 9.47 Å². The smallest absolute Gasteiger partial charge is 0.330 e. The van der Waals surface area contributed by atoms with E-state index in [0.717, 1.165) is 51.4 Å². The predicted molar refractivity (Wildman–Crippen MR) is 121 cm³/mol. The first-order valence-electron chi connectivity index (χ1n) is 12.5. The molecule has 4 aliphatic carbocycles. The molecular formula is C27H40O4. The molecule has 7 atom stereocenters. The maximum Gasteiger partial charge on any atom is 0.330 e. The molecule has 0 bridgehead atoms. The Morgan fingerprint density at radius 2 is 1.90 bits per heavy atom. The number of rotatable bonds is 5. The Bertz CT molecular complexity index is 767. The van der Waals surface area contributed by atoms with Crippen molar-refractivity contribution in [1.29, 1.82) is 0 Å². The summed E-state index contributed by atoms with van der Waals surface area (Å²) in [7, 11) is 0. The second-order valence-corrected chi connectivity index (χ2v) is 11.0.